The van der Waals surface area contributed by atoms with Crippen molar-refractivity contribution < 1.29 is 9.90 Å². The van der Waals surface area contributed by atoms with Gasteiger partial charge in [0.25, 0.3) is 0 Å². The average Bonchev–Trinajstić information content (AvgIpc) is 3.12. The van der Waals surface area contributed by atoms with E-state index in [1.807, 2.05) is 12.3 Å². The summed E-state index contributed by atoms with van der Waals surface area (Å²) in [5.74, 6) is -0.279. The maximum atomic E-state index is 11.1. The standard InChI is InChI=1S/C12H11N5O2S2/c1-2-7(12(18)19)21-9-4-3-8-14-15-10(17(8)16-9)11-13-5-6-20-11/h3-7H,2H2,1H3,(H,18,19). The minimum Gasteiger partial charge on any atom is -0.480 e. The summed E-state index contributed by atoms with van der Waals surface area (Å²) in [6, 6.07) is 3.53. The van der Waals surface area contributed by atoms with E-state index in [1.54, 1.807) is 22.8 Å². The monoisotopic (exact) mass is 321 g/mol. The topological polar surface area (TPSA) is 93.3 Å². The maximum Gasteiger partial charge on any atom is 0.317 e. The molecule has 1 atom stereocenters. The molecule has 1 N–H and O–H groups in total. The molecule has 1 unspecified atom stereocenters. The average molecular weight is 321 g/mol. The van der Waals surface area contributed by atoms with Crippen molar-refractivity contribution in [3.8, 4) is 10.8 Å². The summed E-state index contributed by atoms with van der Waals surface area (Å²) in [5, 5.41) is 24.4. The van der Waals surface area contributed by atoms with Gasteiger partial charge in [-0.25, -0.2) is 4.98 Å². The van der Waals surface area contributed by atoms with Crippen LogP contribution in [0.1, 0.15) is 13.3 Å². The van der Waals surface area contributed by atoms with Gasteiger partial charge in [0.15, 0.2) is 10.7 Å². The third kappa shape index (κ3) is 2.74. The van der Waals surface area contributed by atoms with Crippen molar-refractivity contribution in [3.05, 3.63) is 23.7 Å². The molecule has 0 saturated carbocycles. The number of aromatic nitrogens is 5. The minimum absolute atomic E-state index is 0.519. The van der Waals surface area contributed by atoms with Crippen LogP contribution < -0.4 is 0 Å². The van der Waals surface area contributed by atoms with Crippen molar-refractivity contribution >= 4 is 34.7 Å². The molecule has 0 aromatic carbocycles. The second-order valence-corrected chi connectivity index (χ2v) is 6.27. The van der Waals surface area contributed by atoms with Crippen LogP contribution >= 0.6 is 23.1 Å². The van der Waals surface area contributed by atoms with Crippen molar-refractivity contribution in [2.45, 2.75) is 23.6 Å². The summed E-state index contributed by atoms with van der Waals surface area (Å²) in [6.45, 7) is 1.84. The van der Waals surface area contributed by atoms with Gasteiger partial charge in [-0.05, 0) is 18.6 Å². The molecule has 0 bridgehead atoms. The van der Waals surface area contributed by atoms with Crippen molar-refractivity contribution in [3.63, 3.8) is 0 Å². The Kier molecular flexibility index (Phi) is 3.84. The fourth-order valence-corrected chi connectivity index (χ4v) is 3.20. The third-order valence-electron chi connectivity index (χ3n) is 2.77. The molecular formula is C12H11N5O2S2. The van der Waals surface area contributed by atoms with Crippen molar-refractivity contribution in [2.24, 2.45) is 0 Å². The van der Waals surface area contributed by atoms with Gasteiger partial charge in [0.05, 0.1) is 0 Å². The summed E-state index contributed by atoms with van der Waals surface area (Å²) in [7, 11) is 0. The van der Waals surface area contributed by atoms with Crippen LogP contribution in [0.15, 0.2) is 28.7 Å². The van der Waals surface area contributed by atoms with E-state index >= 15 is 0 Å². The summed E-state index contributed by atoms with van der Waals surface area (Å²) in [5.41, 5.74) is 0.605. The summed E-state index contributed by atoms with van der Waals surface area (Å²) < 4.78 is 1.59. The molecule has 0 spiro atoms. The maximum absolute atomic E-state index is 11.1. The predicted octanol–water partition coefficient (Wildman–Crippen LogP) is 2.20. The molecule has 0 aliphatic carbocycles. The third-order valence-corrected chi connectivity index (χ3v) is 4.82. The normalized spacial score (nSPS) is 12.6. The second kappa shape index (κ2) is 5.78. The Morgan fingerprint density at radius 3 is 3.00 bits per heavy atom. The Morgan fingerprint density at radius 1 is 1.48 bits per heavy atom. The molecule has 0 fully saturated rings. The molecule has 3 aromatic heterocycles. The van der Waals surface area contributed by atoms with Crippen LogP contribution in [0, 0.1) is 0 Å². The first-order valence-electron chi connectivity index (χ1n) is 6.21. The molecule has 7 nitrogen and oxygen atoms in total. The molecule has 9 heteroatoms. The number of thioether (sulfide) groups is 1. The number of hydrogen-bond acceptors (Lipinski definition) is 7. The van der Waals surface area contributed by atoms with Gasteiger partial charge < -0.3 is 5.11 Å². The quantitative estimate of drug-likeness (QED) is 0.720. The van der Waals surface area contributed by atoms with Crippen LogP contribution in [-0.4, -0.2) is 41.1 Å². The van der Waals surface area contributed by atoms with E-state index in [2.05, 4.69) is 20.3 Å². The highest BCUT2D eigenvalue weighted by atomic mass is 32.2. The van der Waals surface area contributed by atoms with Gasteiger partial charge in [0.2, 0.25) is 5.82 Å². The van der Waals surface area contributed by atoms with Gasteiger partial charge in [-0.3, -0.25) is 4.79 Å². The lowest BCUT2D eigenvalue weighted by Crippen LogP contribution is -2.15. The zero-order chi connectivity index (χ0) is 14.8. The molecule has 3 rings (SSSR count). The predicted molar refractivity (Wildman–Crippen MR) is 79.5 cm³/mol. The van der Waals surface area contributed by atoms with Gasteiger partial charge in [0, 0.05) is 11.6 Å². The molecule has 0 aliphatic rings. The van der Waals surface area contributed by atoms with Crippen LogP contribution in [0.5, 0.6) is 0 Å². The van der Waals surface area contributed by atoms with Crippen LogP contribution in [0.3, 0.4) is 0 Å². The van der Waals surface area contributed by atoms with Crippen LogP contribution in [0.4, 0.5) is 0 Å². The summed E-state index contributed by atoms with van der Waals surface area (Å²) in [6.07, 6.45) is 2.22. The zero-order valence-electron chi connectivity index (χ0n) is 11.0. The number of carboxylic acid groups (broad SMARTS) is 1. The molecule has 3 aromatic rings. The van der Waals surface area contributed by atoms with E-state index in [4.69, 9.17) is 5.11 Å². The smallest absolute Gasteiger partial charge is 0.317 e. The van der Waals surface area contributed by atoms with Gasteiger partial charge in [0.1, 0.15) is 10.3 Å². The van der Waals surface area contributed by atoms with E-state index in [9.17, 15) is 4.79 Å². The lowest BCUT2D eigenvalue weighted by molar-refractivity contribution is -0.136. The van der Waals surface area contributed by atoms with Crippen LogP contribution in [-0.2, 0) is 4.79 Å². The number of carboxylic acids is 1. The highest BCUT2D eigenvalue weighted by Crippen LogP contribution is 2.25. The molecule has 0 amide bonds. The van der Waals surface area contributed by atoms with E-state index in [1.165, 1.54) is 23.1 Å². The van der Waals surface area contributed by atoms with Gasteiger partial charge in [-0.2, -0.15) is 9.61 Å². The lowest BCUT2D eigenvalue weighted by Gasteiger charge is -2.08. The Bertz CT molecular complexity index is 771. The van der Waals surface area contributed by atoms with Crippen LogP contribution in [0.2, 0.25) is 0 Å². The van der Waals surface area contributed by atoms with E-state index in [-0.39, 0.29) is 0 Å². The van der Waals surface area contributed by atoms with Gasteiger partial charge >= 0.3 is 5.97 Å². The Morgan fingerprint density at radius 2 is 2.33 bits per heavy atom. The summed E-state index contributed by atoms with van der Waals surface area (Å²) in [4.78, 5) is 15.3. The number of aliphatic carboxylic acids is 1. The van der Waals surface area contributed by atoms with Crippen molar-refractivity contribution in [1.29, 1.82) is 0 Å². The van der Waals surface area contributed by atoms with Crippen LogP contribution in [0.25, 0.3) is 16.5 Å². The molecular weight excluding hydrogens is 310 g/mol. The fourth-order valence-electron chi connectivity index (χ4n) is 1.76. The number of hydrogen-bond donors (Lipinski definition) is 1. The first-order valence-corrected chi connectivity index (χ1v) is 7.96. The molecule has 0 aliphatic heterocycles. The molecule has 3 heterocycles. The Hall–Kier alpha value is -2.00. The van der Waals surface area contributed by atoms with Gasteiger partial charge in [-0.15, -0.1) is 21.5 Å². The van der Waals surface area contributed by atoms with E-state index in [0.29, 0.717) is 22.9 Å². The fraction of sp³-hybridized carbons (Fsp3) is 0.250. The Balaban J connectivity index is 1.99. The lowest BCUT2D eigenvalue weighted by atomic mass is 10.3. The SMILES string of the molecule is CCC(Sc1ccc2nnc(-c3nccs3)n2n1)C(=O)O. The largest absolute Gasteiger partial charge is 0.480 e. The van der Waals surface area contributed by atoms with Crippen molar-refractivity contribution in [2.75, 3.05) is 0 Å². The van der Waals surface area contributed by atoms with Crippen molar-refractivity contribution in [1.82, 2.24) is 24.8 Å². The minimum atomic E-state index is -0.840. The second-order valence-electron chi connectivity index (χ2n) is 4.16. The number of nitrogens with zero attached hydrogens (tertiary/aromatic N) is 5. The number of fused-ring (bicyclic) bond motifs is 1. The summed E-state index contributed by atoms with van der Waals surface area (Å²) >= 11 is 2.67. The number of thiazole rings is 1. The molecule has 0 saturated heterocycles. The zero-order valence-corrected chi connectivity index (χ0v) is 12.6. The first-order chi connectivity index (χ1) is 10.2. The highest BCUT2D eigenvalue weighted by molar-refractivity contribution is 8.00. The van der Waals surface area contributed by atoms with E-state index < -0.39 is 11.2 Å². The number of carbonyl (C=O) groups is 1. The van der Waals surface area contributed by atoms with Gasteiger partial charge in [-0.1, -0.05) is 18.7 Å². The molecule has 108 valence electrons. The number of rotatable bonds is 5. The van der Waals surface area contributed by atoms with E-state index in [0.717, 1.165) is 5.01 Å². The molecule has 21 heavy (non-hydrogen) atoms. The first kappa shape index (κ1) is 14.0. The Labute approximate surface area is 128 Å². The highest BCUT2D eigenvalue weighted by Gasteiger charge is 2.18. The molecule has 0 radical (unpaired) electrons.